The predicted octanol–water partition coefficient (Wildman–Crippen LogP) is -0.226. The molecule has 0 fully saturated rings. The van der Waals surface area contributed by atoms with E-state index < -0.39 is 35.9 Å². The molecule has 160 valence electrons. The Morgan fingerprint density at radius 3 is 2.50 bits per heavy atom. The minimum atomic E-state index is -4.55. The molecular formula is C16H20N8O4S2. The SMILES string of the molecule is C[C@@H](CN)NS(=O)(=O)c1ccc(-c2ccnc(N)c2)c(C2=NCN=N2)c1S(N)(=O)=O. The minimum absolute atomic E-state index is 0.00604. The van der Waals surface area contributed by atoms with Gasteiger partial charge in [0.2, 0.25) is 20.0 Å². The van der Waals surface area contributed by atoms with Crippen LogP contribution in [0.4, 0.5) is 5.82 Å². The average molecular weight is 453 g/mol. The molecule has 0 amide bonds. The summed E-state index contributed by atoms with van der Waals surface area (Å²) >= 11 is 0. The number of hydrogen-bond donors (Lipinski definition) is 4. The lowest BCUT2D eigenvalue weighted by atomic mass is 9.99. The molecule has 0 bridgehead atoms. The first-order valence-corrected chi connectivity index (χ1v) is 11.6. The second-order valence-electron chi connectivity index (χ2n) is 6.45. The van der Waals surface area contributed by atoms with Crippen molar-refractivity contribution in [2.24, 2.45) is 26.1 Å². The number of nitrogens with zero attached hydrogens (tertiary/aromatic N) is 4. The van der Waals surface area contributed by atoms with E-state index in [1.165, 1.54) is 18.3 Å². The van der Waals surface area contributed by atoms with Gasteiger partial charge in [0.1, 0.15) is 15.6 Å². The molecule has 1 aliphatic heterocycles. The lowest BCUT2D eigenvalue weighted by molar-refractivity contribution is 0.557. The normalized spacial score (nSPS) is 15.2. The molecule has 0 unspecified atom stereocenters. The zero-order chi connectivity index (χ0) is 22.1. The van der Waals surface area contributed by atoms with Crippen molar-refractivity contribution in [3.8, 4) is 11.1 Å². The first kappa shape index (κ1) is 21.9. The molecule has 1 aliphatic rings. The zero-order valence-electron chi connectivity index (χ0n) is 15.8. The summed E-state index contributed by atoms with van der Waals surface area (Å²) in [5.41, 5.74) is 11.9. The number of sulfonamides is 2. The number of primary sulfonamides is 1. The lowest BCUT2D eigenvalue weighted by Crippen LogP contribution is -2.38. The maximum Gasteiger partial charge on any atom is 0.242 e. The number of nitrogens with one attached hydrogen (secondary N) is 1. The van der Waals surface area contributed by atoms with Crippen LogP contribution in [0.1, 0.15) is 12.5 Å². The van der Waals surface area contributed by atoms with Crippen LogP contribution in [0.2, 0.25) is 0 Å². The van der Waals surface area contributed by atoms with Crippen molar-refractivity contribution in [2.75, 3.05) is 18.9 Å². The highest BCUT2D eigenvalue weighted by Gasteiger charge is 2.33. The summed E-state index contributed by atoms with van der Waals surface area (Å²) in [4.78, 5) is 6.79. The number of azo groups is 1. The number of amidine groups is 1. The van der Waals surface area contributed by atoms with E-state index in [4.69, 9.17) is 16.6 Å². The molecule has 0 saturated carbocycles. The number of aromatic nitrogens is 1. The lowest BCUT2D eigenvalue weighted by Gasteiger charge is -2.18. The molecule has 0 spiro atoms. The fraction of sp³-hybridized carbons (Fsp3) is 0.250. The van der Waals surface area contributed by atoms with Crippen molar-refractivity contribution in [3.63, 3.8) is 0 Å². The van der Waals surface area contributed by atoms with Gasteiger partial charge in [-0.15, -0.1) is 5.11 Å². The van der Waals surface area contributed by atoms with Gasteiger partial charge in [0.15, 0.2) is 12.5 Å². The summed E-state index contributed by atoms with van der Waals surface area (Å²) in [6, 6.07) is 5.01. The summed E-state index contributed by atoms with van der Waals surface area (Å²) < 4.78 is 53.3. The summed E-state index contributed by atoms with van der Waals surface area (Å²) in [5, 5.41) is 13.1. The Kier molecular flexibility index (Phi) is 5.96. The van der Waals surface area contributed by atoms with Gasteiger partial charge in [-0.3, -0.25) is 0 Å². The van der Waals surface area contributed by atoms with Gasteiger partial charge < -0.3 is 11.5 Å². The third kappa shape index (κ3) is 4.36. The smallest absolute Gasteiger partial charge is 0.242 e. The van der Waals surface area contributed by atoms with E-state index in [0.29, 0.717) is 11.1 Å². The number of nitrogen functional groups attached to an aromatic ring is 1. The molecule has 2 heterocycles. The van der Waals surface area contributed by atoms with Crippen LogP contribution >= 0.6 is 0 Å². The van der Waals surface area contributed by atoms with Crippen LogP contribution < -0.4 is 21.3 Å². The Morgan fingerprint density at radius 1 is 1.20 bits per heavy atom. The van der Waals surface area contributed by atoms with Crippen LogP contribution in [0.15, 0.2) is 55.5 Å². The molecule has 0 radical (unpaired) electrons. The van der Waals surface area contributed by atoms with Crippen LogP contribution in [-0.2, 0) is 20.0 Å². The fourth-order valence-electron chi connectivity index (χ4n) is 2.87. The summed E-state index contributed by atoms with van der Waals surface area (Å²) in [5.74, 6) is 0.119. The molecule has 2 aromatic rings. The van der Waals surface area contributed by atoms with Crippen LogP contribution in [0, 0.1) is 0 Å². The van der Waals surface area contributed by atoms with Gasteiger partial charge in [-0.25, -0.2) is 36.7 Å². The van der Waals surface area contributed by atoms with E-state index in [2.05, 4.69) is 24.9 Å². The van der Waals surface area contributed by atoms with Gasteiger partial charge in [0.05, 0.1) is 5.56 Å². The van der Waals surface area contributed by atoms with Crippen molar-refractivity contribution in [2.45, 2.75) is 22.8 Å². The Morgan fingerprint density at radius 2 is 1.93 bits per heavy atom. The Labute approximate surface area is 173 Å². The topological polar surface area (TPSA) is 208 Å². The molecule has 1 aromatic heterocycles. The van der Waals surface area contributed by atoms with Gasteiger partial charge in [0.25, 0.3) is 0 Å². The molecule has 7 N–H and O–H groups in total. The third-order valence-electron chi connectivity index (χ3n) is 4.17. The van der Waals surface area contributed by atoms with Gasteiger partial charge in [-0.05, 0) is 36.2 Å². The summed E-state index contributed by atoms with van der Waals surface area (Å²) in [6.45, 7) is 1.52. The Hall–Kier alpha value is -2.78. The van der Waals surface area contributed by atoms with Crippen molar-refractivity contribution in [1.82, 2.24) is 9.71 Å². The zero-order valence-corrected chi connectivity index (χ0v) is 17.5. The van der Waals surface area contributed by atoms with Crippen molar-refractivity contribution in [3.05, 3.63) is 36.0 Å². The van der Waals surface area contributed by atoms with E-state index in [1.807, 2.05) is 0 Å². The molecule has 3 rings (SSSR count). The maximum atomic E-state index is 12.9. The van der Waals surface area contributed by atoms with E-state index in [-0.39, 0.29) is 30.4 Å². The molecule has 1 aromatic carbocycles. The van der Waals surface area contributed by atoms with Crippen LogP contribution in [0.5, 0.6) is 0 Å². The van der Waals surface area contributed by atoms with E-state index in [9.17, 15) is 16.8 Å². The number of hydrogen-bond acceptors (Lipinski definition) is 10. The van der Waals surface area contributed by atoms with Crippen molar-refractivity contribution < 1.29 is 16.8 Å². The van der Waals surface area contributed by atoms with Crippen LogP contribution in [0.25, 0.3) is 11.1 Å². The standard InChI is InChI=1S/C16H20N8O4S2/c1-9(7-17)24-30(27,28)12-3-2-11(10-4-5-20-13(18)6-10)14(15(12)29(19,25)26)16-21-8-22-23-16/h2-6,9,24H,7-8,17H2,1H3,(H2,18,20)(H2,19,25,26)/t9-/m0/s1. The number of rotatable bonds is 7. The predicted molar refractivity (Wildman–Crippen MR) is 111 cm³/mol. The monoisotopic (exact) mass is 452 g/mol. The number of benzene rings is 1. The number of anilines is 1. The van der Waals surface area contributed by atoms with E-state index in [1.54, 1.807) is 13.0 Å². The third-order valence-corrected chi connectivity index (χ3v) is 6.92. The minimum Gasteiger partial charge on any atom is -0.384 e. The highest BCUT2D eigenvalue weighted by atomic mass is 32.2. The van der Waals surface area contributed by atoms with E-state index >= 15 is 0 Å². The first-order valence-electron chi connectivity index (χ1n) is 8.61. The van der Waals surface area contributed by atoms with Gasteiger partial charge >= 0.3 is 0 Å². The molecule has 12 nitrogen and oxygen atoms in total. The van der Waals surface area contributed by atoms with Crippen molar-refractivity contribution in [1.29, 1.82) is 0 Å². The van der Waals surface area contributed by atoms with Gasteiger partial charge in [0, 0.05) is 18.8 Å². The molecule has 0 saturated heterocycles. The van der Waals surface area contributed by atoms with Crippen LogP contribution in [0.3, 0.4) is 0 Å². The first-order chi connectivity index (χ1) is 14.0. The highest BCUT2D eigenvalue weighted by Crippen LogP contribution is 2.35. The number of nitrogens with two attached hydrogens (primary N) is 3. The average Bonchev–Trinajstić information content (AvgIpc) is 3.20. The highest BCUT2D eigenvalue weighted by molar-refractivity contribution is 7.92. The fourth-order valence-corrected chi connectivity index (χ4v) is 5.73. The van der Waals surface area contributed by atoms with Gasteiger partial charge in [-0.2, -0.15) is 5.11 Å². The molecule has 0 aliphatic carbocycles. The van der Waals surface area contributed by atoms with Crippen molar-refractivity contribution >= 4 is 31.7 Å². The number of aliphatic imine (C=N–C) groups is 1. The molecular weight excluding hydrogens is 432 g/mol. The number of pyridine rings is 1. The largest absolute Gasteiger partial charge is 0.384 e. The second kappa shape index (κ2) is 8.16. The summed E-state index contributed by atoms with van der Waals surface area (Å²) in [7, 11) is -8.85. The Bertz CT molecular complexity index is 1260. The quantitative estimate of drug-likeness (QED) is 0.443. The molecule has 30 heavy (non-hydrogen) atoms. The van der Waals surface area contributed by atoms with Gasteiger partial charge in [-0.1, -0.05) is 6.07 Å². The molecule has 1 atom stereocenters. The summed E-state index contributed by atoms with van der Waals surface area (Å²) in [6.07, 6.45) is 1.43. The Balaban J connectivity index is 2.40. The maximum absolute atomic E-state index is 12.9. The second-order valence-corrected chi connectivity index (χ2v) is 9.63. The molecule has 14 heteroatoms. The van der Waals surface area contributed by atoms with E-state index in [0.717, 1.165) is 6.07 Å². The van der Waals surface area contributed by atoms with Crippen LogP contribution in [-0.4, -0.2) is 46.9 Å².